The largest absolute Gasteiger partial charge is 0.457 e. The van der Waals surface area contributed by atoms with E-state index in [-0.39, 0.29) is 23.3 Å². The normalized spacial score (nSPS) is 16.5. The lowest BCUT2D eigenvalue weighted by Crippen LogP contribution is -2.22. The molecule has 5 rings (SSSR count). The number of ether oxygens (including phenoxy) is 1. The number of carbonyl (C=O) groups excluding carboxylic acids is 1. The molecule has 1 heterocycles. The van der Waals surface area contributed by atoms with E-state index in [2.05, 4.69) is 56.4 Å². The Morgan fingerprint density at radius 2 is 1.53 bits per heavy atom. The van der Waals surface area contributed by atoms with Crippen molar-refractivity contribution in [2.75, 3.05) is 5.32 Å². The zero-order valence-electron chi connectivity index (χ0n) is 26.5. The van der Waals surface area contributed by atoms with Crippen LogP contribution in [0.3, 0.4) is 0 Å². The van der Waals surface area contributed by atoms with Crippen molar-refractivity contribution in [3.63, 3.8) is 0 Å². The first kappa shape index (κ1) is 31.3. The average molecular weight is 582 g/mol. The van der Waals surface area contributed by atoms with Crippen LogP contribution in [-0.4, -0.2) is 17.1 Å². The lowest BCUT2D eigenvalue weighted by Gasteiger charge is -2.28. The fourth-order valence-corrected chi connectivity index (χ4v) is 7.05. The molecule has 2 N–H and O–H groups in total. The van der Waals surface area contributed by atoms with Crippen LogP contribution in [0.1, 0.15) is 126 Å². The van der Waals surface area contributed by atoms with Gasteiger partial charge in [0, 0.05) is 29.2 Å². The van der Waals surface area contributed by atoms with Gasteiger partial charge in [0.1, 0.15) is 11.5 Å². The Kier molecular flexibility index (Phi) is 10.6. The quantitative estimate of drug-likeness (QED) is 0.175. The highest BCUT2D eigenvalue weighted by atomic mass is 16.5. The number of amides is 1. The number of nitrogens with one attached hydrogen (secondary N) is 1. The Morgan fingerprint density at radius 3 is 2.19 bits per heavy atom. The molecule has 1 atom stereocenters. The Balaban J connectivity index is 1.19. The summed E-state index contributed by atoms with van der Waals surface area (Å²) in [5.41, 5.74) is 5.30. The predicted molar refractivity (Wildman–Crippen MR) is 177 cm³/mol. The molecule has 0 spiro atoms. The Morgan fingerprint density at radius 1 is 0.884 bits per heavy atom. The number of para-hydroxylation sites is 2. The van der Waals surface area contributed by atoms with Crippen molar-refractivity contribution in [1.29, 1.82) is 0 Å². The first-order valence-electron chi connectivity index (χ1n) is 16.7. The van der Waals surface area contributed by atoms with Crippen LogP contribution in [0.2, 0.25) is 0 Å². The van der Waals surface area contributed by atoms with Gasteiger partial charge < -0.3 is 15.2 Å². The van der Waals surface area contributed by atoms with Gasteiger partial charge in [-0.05, 0) is 72.8 Å². The van der Waals surface area contributed by atoms with Crippen LogP contribution in [0, 0.1) is 5.92 Å². The maximum absolute atomic E-state index is 13.6. The van der Waals surface area contributed by atoms with E-state index in [0.29, 0.717) is 6.42 Å². The Hall–Kier alpha value is -3.11. The van der Waals surface area contributed by atoms with Crippen LogP contribution in [0.5, 0.6) is 11.5 Å². The van der Waals surface area contributed by atoms with E-state index in [1.165, 1.54) is 50.5 Å². The van der Waals surface area contributed by atoms with Gasteiger partial charge in [0.2, 0.25) is 5.91 Å². The van der Waals surface area contributed by atoms with E-state index in [1.54, 1.807) is 0 Å². The summed E-state index contributed by atoms with van der Waals surface area (Å²) in [5.74, 6) is 2.42. The molecule has 0 radical (unpaired) electrons. The maximum Gasteiger partial charge on any atom is 0.225 e. The first-order chi connectivity index (χ1) is 20.8. The van der Waals surface area contributed by atoms with Crippen LogP contribution in [0.25, 0.3) is 0 Å². The van der Waals surface area contributed by atoms with E-state index in [9.17, 15) is 9.90 Å². The van der Waals surface area contributed by atoms with E-state index < -0.39 is 0 Å². The number of hydrogen-bond donors (Lipinski definition) is 2. The number of aliphatic hydroxyl groups excluding tert-OH is 1. The molecule has 2 aliphatic rings. The highest BCUT2D eigenvalue weighted by Gasteiger charge is 2.29. The van der Waals surface area contributed by atoms with Gasteiger partial charge >= 0.3 is 0 Å². The van der Waals surface area contributed by atoms with Crippen LogP contribution in [0.4, 0.5) is 5.69 Å². The first-order valence-corrected chi connectivity index (χ1v) is 16.7. The van der Waals surface area contributed by atoms with Gasteiger partial charge in [-0.1, -0.05) is 114 Å². The molecule has 3 aromatic carbocycles. The zero-order chi connectivity index (χ0) is 30.2. The number of rotatable bonds is 11. The van der Waals surface area contributed by atoms with Gasteiger partial charge in [0.25, 0.3) is 0 Å². The zero-order valence-corrected chi connectivity index (χ0v) is 26.5. The molecular weight excluding hydrogens is 530 g/mol. The Bertz CT molecular complexity index is 1300. The fraction of sp³-hybridized carbons (Fsp3) is 0.513. The number of anilines is 1. The molecule has 0 aromatic heterocycles. The van der Waals surface area contributed by atoms with Crippen LogP contribution >= 0.6 is 0 Å². The molecule has 1 unspecified atom stereocenters. The molecule has 0 saturated heterocycles. The second kappa shape index (κ2) is 14.6. The minimum atomic E-state index is -0.179. The minimum Gasteiger partial charge on any atom is -0.457 e. The molecular formula is C39H51NO3. The van der Waals surface area contributed by atoms with Gasteiger partial charge in [-0.25, -0.2) is 0 Å². The van der Waals surface area contributed by atoms with Crippen molar-refractivity contribution in [2.45, 2.75) is 122 Å². The van der Waals surface area contributed by atoms with Crippen LogP contribution < -0.4 is 10.1 Å². The summed E-state index contributed by atoms with van der Waals surface area (Å²) >= 11 is 0. The molecule has 1 saturated carbocycles. The van der Waals surface area contributed by atoms with E-state index in [1.807, 2.05) is 36.4 Å². The third-order valence-electron chi connectivity index (χ3n) is 9.50. The van der Waals surface area contributed by atoms with Crippen molar-refractivity contribution < 1.29 is 14.6 Å². The van der Waals surface area contributed by atoms with Crippen molar-refractivity contribution >= 4 is 11.6 Å². The van der Waals surface area contributed by atoms with Gasteiger partial charge in [-0.2, -0.15) is 0 Å². The van der Waals surface area contributed by atoms with E-state index in [0.717, 1.165) is 71.9 Å². The molecule has 1 aliphatic heterocycles. The molecule has 3 aromatic rings. The molecule has 4 heteroatoms. The van der Waals surface area contributed by atoms with E-state index in [4.69, 9.17) is 4.74 Å². The number of carbonyl (C=O) groups is 1. The van der Waals surface area contributed by atoms with Crippen molar-refractivity contribution in [3.8, 4) is 11.5 Å². The summed E-state index contributed by atoms with van der Waals surface area (Å²) < 4.78 is 6.15. The second-order valence-electron chi connectivity index (χ2n) is 13.9. The standard InChI is InChI=1S/C39H51NO3/c1-39(2,3)34-25-23-29(16-8-9-17-30(41)24-22-28-14-6-4-5-7-15-28)26-35(34)40-38(42)27-33-31-18-10-12-20-36(31)43-37-21-13-11-19-32(33)37/h10-13,18-21,23,25-26,28,30,33,41H,4-9,14-17,22,24,27H2,1-3H3,(H,40,42). The van der Waals surface area contributed by atoms with Gasteiger partial charge in [0.05, 0.1) is 6.10 Å². The fourth-order valence-electron chi connectivity index (χ4n) is 7.05. The van der Waals surface area contributed by atoms with Gasteiger partial charge in [0.15, 0.2) is 0 Å². The van der Waals surface area contributed by atoms with Crippen molar-refractivity contribution in [2.24, 2.45) is 5.92 Å². The third kappa shape index (κ3) is 8.50. The van der Waals surface area contributed by atoms with Crippen molar-refractivity contribution in [3.05, 3.63) is 89.0 Å². The molecule has 0 bridgehead atoms. The van der Waals surface area contributed by atoms with E-state index >= 15 is 0 Å². The van der Waals surface area contributed by atoms with Crippen LogP contribution in [-0.2, 0) is 16.6 Å². The summed E-state index contributed by atoms with van der Waals surface area (Å²) in [7, 11) is 0. The van der Waals surface area contributed by atoms with Gasteiger partial charge in [-0.15, -0.1) is 0 Å². The number of benzene rings is 3. The second-order valence-corrected chi connectivity index (χ2v) is 13.9. The summed E-state index contributed by atoms with van der Waals surface area (Å²) in [6.07, 6.45) is 14.4. The smallest absolute Gasteiger partial charge is 0.225 e. The number of fused-ring (bicyclic) bond motifs is 2. The summed E-state index contributed by atoms with van der Waals surface area (Å²) in [5, 5.41) is 13.9. The van der Waals surface area contributed by atoms with Crippen molar-refractivity contribution in [1.82, 2.24) is 0 Å². The van der Waals surface area contributed by atoms with Crippen LogP contribution in [0.15, 0.2) is 66.7 Å². The summed E-state index contributed by atoms with van der Waals surface area (Å²) in [6, 6.07) is 22.6. The van der Waals surface area contributed by atoms with Gasteiger partial charge in [-0.3, -0.25) is 4.79 Å². The summed E-state index contributed by atoms with van der Waals surface area (Å²) in [4.78, 5) is 13.6. The number of unbranched alkanes of at least 4 members (excludes halogenated alkanes) is 1. The maximum atomic E-state index is 13.6. The SMILES string of the molecule is CC(C)(C)c1ccc(CCCCC(O)CCC2CCCCCC2)cc1NC(=O)CC1c2ccccc2Oc2ccccc21. The number of aryl methyl sites for hydroxylation is 1. The lowest BCUT2D eigenvalue weighted by atomic mass is 9.84. The average Bonchev–Trinajstić information content (AvgIpc) is 3.27. The Labute approximate surface area is 259 Å². The summed E-state index contributed by atoms with van der Waals surface area (Å²) in [6.45, 7) is 6.58. The molecule has 43 heavy (non-hydrogen) atoms. The predicted octanol–water partition coefficient (Wildman–Crippen LogP) is 10.1. The molecule has 1 amide bonds. The molecule has 1 aliphatic carbocycles. The molecule has 1 fully saturated rings. The number of hydrogen-bond acceptors (Lipinski definition) is 3. The minimum absolute atomic E-state index is 0.0101. The topological polar surface area (TPSA) is 58.6 Å². The highest BCUT2D eigenvalue weighted by Crippen LogP contribution is 2.45. The lowest BCUT2D eigenvalue weighted by molar-refractivity contribution is -0.116. The molecule has 230 valence electrons. The molecule has 4 nitrogen and oxygen atoms in total. The highest BCUT2D eigenvalue weighted by molar-refractivity contribution is 5.93. The number of aliphatic hydroxyl groups is 1. The monoisotopic (exact) mass is 581 g/mol. The third-order valence-corrected chi connectivity index (χ3v) is 9.50.